The van der Waals surface area contributed by atoms with Gasteiger partial charge in [-0.15, -0.1) is 0 Å². The number of amides is 1. The largest absolute Gasteiger partial charge is 0.399 e. The zero-order chi connectivity index (χ0) is 14.7. The van der Waals surface area contributed by atoms with Gasteiger partial charge in [-0.05, 0) is 58.7 Å². The molecule has 1 atom stereocenters. The topological polar surface area (TPSA) is 55.1 Å². The summed E-state index contributed by atoms with van der Waals surface area (Å²) in [6.45, 7) is 1.79. The molecule has 2 aromatic carbocycles. The third-order valence-electron chi connectivity index (χ3n) is 2.99. The van der Waals surface area contributed by atoms with Crippen molar-refractivity contribution in [2.75, 3.05) is 11.1 Å². The molecule has 2 rings (SSSR count). The van der Waals surface area contributed by atoms with Crippen molar-refractivity contribution in [3.8, 4) is 0 Å². The van der Waals surface area contributed by atoms with E-state index in [0.717, 1.165) is 5.56 Å². The van der Waals surface area contributed by atoms with Crippen molar-refractivity contribution >= 4 is 33.2 Å². The Hall–Kier alpha value is -1.88. The van der Waals surface area contributed by atoms with Crippen molar-refractivity contribution in [1.29, 1.82) is 0 Å². The van der Waals surface area contributed by atoms with E-state index in [1.54, 1.807) is 19.1 Å². The lowest BCUT2D eigenvalue weighted by Crippen LogP contribution is -2.19. The predicted molar refractivity (Wildman–Crippen MR) is 82.0 cm³/mol. The second-order valence-corrected chi connectivity index (χ2v) is 5.36. The Morgan fingerprint density at radius 2 is 2.05 bits per heavy atom. The van der Waals surface area contributed by atoms with Gasteiger partial charge in [0, 0.05) is 11.4 Å². The number of benzene rings is 2. The first-order valence-electron chi connectivity index (χ1n) is 6.08. The molecule has 0 aliphatic rings. The molecule has 0 aliphatic heterocycles. The molecular weight excluding hydrogens is 323 g/mol. The number of nitrogens with one attached hydrogen (secondary N) is 1. The summed E-state index contributed by atoms with van der Waals surface area (Å²) >= 11 is 3.08. The van der Waals surface area contributed by atoms with Gasteiger partial charge >= 0.3 is 0 Å². The zero-order valence-corrected chi connectivity index (χ0v) is 12.4. The summed E-state index contributed by atoms with van der Waals surface area (Å²) in [5.74, 6) is -0.886. The Morgan fingerprint density at radius 3 is 2.70 bits per heavy atom. The van der Waals surface area contributed by atoms with Gasteiger partial charge in [0.05, 0.1) is 10.4 Å². The summed E-state index contributed by atoms with van der Waals surface area (Å²) in [5.41, 5.74) is 7.70. The predicted octanol–water partition coefficient (Wildman–Crippen LogP) is 3.91. The highest BCUT2D eigenvalue weighted by atomic mass is 79.9. The quantitative estimate of drug-likeness (QED) is 0.835. The third-order valence-corrected chi connectivity index (χ3v) is 3.60. The first-order chi connectivity index (χ1) is 9.47. The smallest absolute Gasteiger partial charge is 0.231 e. The molecule has 0 heterocycles. The number of carbonyl (C=O) groups excluding carboxylic acids is 1. The van der Waals surface area contributed by atoms with Crippen molar-refractivity contribution in [1.82, 2.24) is 0 Å². The van der Waals surface area contributed by atoms with Gasteiger partial charge in [0.25, 0.3) is 0 Å². The maximum absolute atomic E-state index is 13.1. The van der Waals surface area contributed by atoms with E-state index in [4.69, 9.17) is 5.73 Å². The SMILES string of the molecule is CC(C(=O)Nc1ccc(F)c(Br)c1)c1cccc(N)c1. The van der Waals surface area contributed by atoms with E-state index < -0.39 is 0 Å². The van der Waals surface area contributed by atoms with Crippen LogP contribution >= 0.6 is 15.9 Å². The molecule has 0 fully saturated rings. The van der Waals surface area contributed by atoms with E-state index in [1.165, 1.54) is 18.2 Å². The van der Waals surface area contributed by atoms with Crippen LogP contribution in [0, 0.1) is 5.82 Å². The van der Waals surface area contributed by atoms with Crippen LogP contribution < -0.4 is 11.1 Å². The maximum atomic E-state index is 13.1. The standard InChI is InChI=1S/C15H14BrFN2O/c1-9(10-3-2-4-11(18)7-10)15(20)19-12-5-6-14(17)13(16)8-12/h2-9H,18H2,1H3,(H,19,20). The zero-order valence-electron chi connectivity index (χ0n) is 10.9. The van der Waals surface area contributed by atoms with Gasteiger partial charge in [-0.25, -0.2) is 4.39 Å². The van der Waals surface area contributed by atoms with Crippen LogP contribution in [0.15, 0.2) is 46.9 Å². The summed E-state index contributed by atoms with van der Waals surface area (Å²) in [7, 11) is 0. The lowest BCUT2D eigenvalue weighted by Gasteiger charge is -2.13. The number of hydrogen-bond donors (Lipinski definition) is 2. The average Bonchev–Trinajstić information content (AvgIpc) is 2.42. The van der Waals surface area contributed by atoms with Gasteiger partial charge in [0.1, 0.15) is 5.82 Å². The molecule has 104 valence electrons. The summed E-state index contributed by atoms with van der Waals surface area (Å²) in [6, 6.07) is 11.5. The van der Waals surface area contributed by atoms with E-state index in [1.807, 2.05) is 12.1 Å². The van der Waals surface area contributed by atoms with Crippen LogP contribution in [0.3, 0.4) is 0 Å². The summed E-state index contributed by atoms with van der Waals surface area (Å²) in [5, 5.41) is 2.75. The van der Waals surface area contributed by atoms with E-state index in [9.17, 15) is 9.18 Å². The van der Waals surface area contributed by atoms with Crippen molar-refractivity contribution in [2.24, 2.45) is 0 Å². The van der Waals surface area contributed by atoms with Gasteiger partial charge < -0.3 is 11.1 Å². The summed E-state index contributed by atoms with van der Waals surface area (Å²) in [6.07, 6.45) is 0. The average molecular weight is 337 g/mol. The molecule has 3 nitrogen and oxygen atoms in total. The maximum Gasteiger partial charge on any atom is 0.231 e. The molecule has 0 bridgehead atoms. The number of halogens is 2. The van der Waals surface area contributed by atoms with Crippen LogP contribution in [0.5, 0.6) is 0 Å². The minimum absolute atomic E-state index is 0.172. The van der Waals surface area contributed by atoms with Crippen LogP contribution in [-0.2, 0) is 4.79 Å². The van der Waals surface area contributed by atoms with Crippen LogP contribution in [-0.4, -0.2) is 5.91 Å². The number of carbonyl (C=O) groups is 1. The number of anilines is 2. The number of hydrogen-bond acceptors (Lipinski definition) is 2. The second kappa shape index (κ2) is 6.05. The van der Waals surface area contributed by atoms with Crippen molar-refractivity contribution in [3.05, 3.63) is 58.3 Å². The highest BCUT2D eigenvalue weighted by molar-refractivity contribution is 9.10. The van der Waals surface area contributed by atoms with Gasteiger partial charge in [0.2, 0.25) is 5.91 Å². The highest BCUT2D eigenvalue weighted by Gasteiger charge is 2.15. The van der Waals surface area contributed by atoms with Crippen LogP contribution in [0.25, 0.3) is 0 Å². The molecule has 1 amide bonds. The van der Waals surface area contributed by atoms with E-state index in [-0.39, 0.29) is 17.6 Å². The summed E-state index contributed by atoms with van der Waals surface area (Å²) in [4.78, 5) is 12.2. The van der Waals surface area contributed by atoms with Crippen LogP contribution in [0.2, 0.25) is 0 Å². The number of nitrogens with two attached hydrogens (primary N) is 1. The molecule has 0 spiro atoms. The van der Waals surface area contributed by atoms with E-state index in [0.29, 0.717) is 15.8 Å². The number of rotatable bonds is 3. The van der Waals surface area contributed by atoms with E-state index in [2.05, 4.69) is 21.2 Å². The Labute approximate surface area is 125 Å². The minimum Gasteiger partial charge on any atom is -0.399 e. The Balaban J connectivity index is 2.13. The molecule has 0 radical (unpaired) electrons. The molecular formula is C15H14BrFN2O. The fourth-order valence-corrected chi connectivity index (χ4v) is 2.18. The number of nitrogen functional groups attached to an aromatic ring is 1. The third kappa shape index (κ3) is 3.36. The van der Waals surface area contributed by atoms with Gasteiger partial charge in [0.15, 0.2) is 0 Å². The van der Waals surface area contributed by atoms with Gasteiger partial charge in [-0.2, -0.15) is 0 Å². The normalized spacial score (nSPS) is 11.9. The van der Waals surface area contributed by atoms with Crippen molar-refractivity contribution < 1.29 is 9.18 Å². The molecule has 2 aromatic rings. The monoisotopic (exact) mass is 336 g/mol. The fourth-order valence-electron chi connectivity index (χ4n) is 1.80. The van der Waals surface area contributed by atoms with Crippen LogP contribution in [0.1, 0.15) is 18.4 Å². The highest BCUT2D eigenvalue weighted by Crippen LogP contribution is 2.23. The molecule has 0 aromatic heterocycles. The minimum atomic E-state index is -0.369. The molecule has 5 heteroatoms. The lowest BCUT2D eigenvalue weighted by molar-refractivity contribution is -0.117. The Bertz CT molecular complexity index is 646. The van der Waals surface area contributed by atoms with Gasteiger partial charge in [-0.1, -0.05) is 12.1 Å². The van der Waals surface area contributed by atoms with E-state index >= 15 is 0 Å². The van der Waals surface area contributed by atoms with Gasteiger partial charge in [-0.3, -0.25) is 4.79 Å². The fraction of sp³-hybridized carbons (Fsp3) is 0.133. The van der Waals surface area contributed by atoms with Crippen molar-refractivity contribution in [2.45, 2.75) is 12.8 Å². The van der Waals surface area contributed by atoms with Crippen LogP contribution in [0.4, 0.5) is 15.8 Å². The molecule has 0 saturated carbocycles. The molecule has 1 unspecified atom stereocenters. The molecule has 20 heavy (non-hydrogen) atoms. The Kier molecular flexibility index (Phi) is 4.39. The lowest BCUT2D eigenvalue weighted by atomic mass is 10.00. The molecule has 3 N–H and O–H groups in total. The first kappa shape index (κ1) is 14.5. The molecule has 0 aliphatic carbocycles. The van der Waals surface area contributed by atoms with Crippen molar-refractivity contribution in [3.63, 3.8) is 0 Å². The first-order valence-corrected chi connectivity index (χ1v) is 6.88. The second-order valence-electron chi connectivity index (χ2n) is 4.51. The Morgan fingerprint density at radius 1 is 1.30 bits per heavy atom. The summed E-state index contributed by atoms with van der Waals surface area (Å²) < 4.78 is 13.4. The molecule has 0 saturated heterocycles.